The maximum atomic E-state index is 12.4. The third kappa shape index (κ3) is 4.05. The molecule has 2 aromatic heterocycles. The maximum Gasteiger partial charge on any atom is 0.329 e. The molecule has 8 nitrogen and oxygen atoms in total. The lowest BCUT2D eigenvalue weighted by Gasteiger charge is -2.22. The predicted octanol–water partition coefficient (Wildman–Crippen LogP) is 2.04. The van der Waals surface area contributed by atoms with Crippen LogP contribution in [0.4, 0.5) is 5.13 Å². The fourth-order valence-corrected chi connectivity index (χ4v) is 3.36. The largest absolute Gasteiger partial charge is 0.459 e. The van der Waals surface area contributed by atoms with Gasteiger partial charge < -0.3 is 19.4 Å². The average Bonchev–Trinajstić information content (AvgIpc) is 3.32. The molecule has 3 rings (SSSR count). The first-order valence-corrected chi connectivity index (χ1v) is 8.65. The number of ether oxygens (including phenoxy) is 1. The molecule has 0 saturated carbocycles. The molecule has 1 atom stereocenters. The van der Waals surface area contributed by atoms with Crippen molar-refractivity contribution in [2.24, 2.45) is 0 Å². The van der Waals surface area contributed by atoms with E-state index in [0.29, 0.717) is 23.8 Å². The van der Waals surface area contributed by atoms with E-state index in [1.165, 1.54) is 29.4 Å². The van der Waals surface area contributed by atoms with Gasteiger partial charge in [0.1, 0.15) is 12.6 Å². The van der Waals surface area contributed by atoms with E-state index in [-0.39, 0.29) is 24.2 Å². The fourth-order valence-electron chi connectivity index (χ4n) is 2.62. The van der Waals surface area contributed by atoms with Crippen molar-refractivity contribution in [2.45, 2.75) is 32.4 Å². The fraction of sp³-hybridized carbons (Fsp3) is 0.375. The number of thiazole rings is 1. The number of carbonyl (C=O) groups excluding carboxylic acids is 3. The molecule has 25 heavy (non-hydrogen) atoms. The van der Waals surface area contributed by atoms with Crippen LogP contribution in [0.1, 0.15) is 36.0 Å². The summed E-state index contributed by atoms with van der Waals surface area (Å²) in [5.41, 5.74) is 0.545. The van der Waals surface area contributed by atoms with Gasteiger partial charge in [0.05, 0.1) is 12.0 Å². The van der Waals surface area contributed by atoms with Gasteiger partial charge in [0.2, 0.25) is 5.91 Å². The van der Waals surface area contributed by atoms with Crippen molar-refractivity contribution in [3.63, 3.8) is 0 Å². The first-order valence-electron chi connectivity index (χ1n) is 7.77. The van der Waals surface area contributed by atoms with Crippen LogP contribution < -0.4 is 5.32 Å². The van der Waals surface area contributed by atoms with E-state index in [1.54, 1.807) is 17.5 Å². The zero-order valence-electron chi connectivity index (χ0n) is 13.6. The van der Waals surface area contributed by atoms with Crippen molar-refractivity contribution >= 4 is 34.3 Å². The van der Waals surface area contributed by atoms with Crippen molar-refractivity contribution < 1.29 is 23.5 Å². The molecule has 2 aromatic rings. The molecule has 2 amide bonds. The minimum absolute atomic E-state index is 0.00575. The monoisotopic (exact) mass is 363 g/mol. The average molecular weight is 363 g/mol. The lowest BCUT2D eigenvalue weighted by atomic mass is 10.2. The summed E-state index contributed by atoms with van der Waals surface area (Å²) in [7, 11) is 0. The smallest absolute Gasteiger partial charge is 0.329 e. The van der Waals surface area contributed by atoms with E-state index >= 15 is 0 Å². The third-order valence-corrected chi connectivity index (χ3v) is 4.52. The summed E-state index contributed by atoms with van der Waals surface area (Å²) >= 11 is 1.25. The summed E-state index contributed by atoms with van der Waals surface area (Å²) in [5, 5.41) is 4.73. The topological polar surface area (TPSA) is 102 Å². The standard InChI is InChI=1S/C16H17N3O5S/c1-10(20)17-16-18-11(9-25-16)8-24-15(22)12-4-2-6-19(12)14(21)13-5-3-7-23-13/h3,5,7,9,12H,2,4,6,8H2,1H3,(H,17,18,20). The SMILES string of the molecule is CC(=O)Nc1nc(COC(=O)C2CCCN2C(=O)c2ccco2)cs1. The highest BCUT2D eigenvalue weighted by Gasteiger charge is 2.36. The maximum absolute atomic E-state index is 12.4. The number of likely N-dealkylation sites (tertiary alicyclic amines) is 1. The molecule has 132 valence electrons. The predicted molar refractivity (Wildman–Crippen MR) is 89.0 cm³/mol. The van der Waals surface area contributed by atoms with Crippen molar-refractivity contribution in [2.75, 3.05) is 11.9 Å². The second kappa shape index (κ2) is 7.47. The number of hydrogen-bond donors (Lipinski definition) is 1. The molecular weight excluding hydrogens is 346 g/mol. The van der Waals surface area contributed by atoms with Gasteiger partial charge in [-0.05, 0) is 25.0 Å². The highest BCUT2D eigenvalue weighted by atomic mass is 32.1. The second-order valence-corrected chi connectivity index (χ2v) is 6.42. The molecular formula is C16H17N3O5S. The summed E-state index contributed by atoms with van der Waals surface area (Å²) in [6, 6.07) is 2.58. The van der Waals surface area contributed by atoms with Gasteiger partial charge in [0.25, 0.3) is 5.91 Å². The third-order valence-electron chi connectivity index (χ3n) is 3.71. The zero-order chi connectivity index (χ0) is 17.8. The number of amides is 2. The number of anilines is 1. The number of aromatic nitrogens is 1. The summed E-state index contributed by atoms with van der Waals surface area (Å²) in [5.74, 6) is -0.785. The molecule has 1 aliphatic heterocycles. The Morgan fingerprint density at radius 3 is 3.04 bits per heavy atom. The number of esters is 1. The van der Waals surface area contributed by atoms with E-state index in [1.807, 2.05) is 0 Å². The van der Waals surface area contributed by atoms with E-state index in [4.69, 9.17) is 9.15 Å². The van der Waals surface area contributed by atoms with Crippen molar-refractivity contribution in [1.82, 2.24) is 9.88 Å². The van der Waals surface area contributed by atoms with Crippen LogP contribution in [0.15, 0.2) is 28.2 Å². The summed E-state index contributed by atoms with van der Waals surface area (Å²) in [6.07, 6.45) is 2.71. The van der Waals surface area contributed by atoms with E-state index < -0.39 is 12.0 Å². The molecule has 1 fully saturated rings. The van der Waals surface area contributed by atoms with Gasteiger partial charge in [-0.25, -0.2) is 9.78 Å². The van der Waals surface area contributed by atoms with E-state index in [0.717, 1.165) is 6.42 Å². The van der Waals surface area contributed by atoms with Gasteiger partial charge in [-0.2, -0.15) is 0 Å². The normalized spacial score (nSPS) is 16.7. The summed E-state index contributed by atoms with van der Waals surface area (Å²) in [6.45, 7) is 1.88. The lowest BCUT2D eigenvalue weighted by molar-refractivity contribution is -0.149. The number of nitrogens with one attached hydrogen (secondary N) is 1. The Kier molecular flexibility index (Phi) is 5.13. The Balaban J connectivity index is 1.57. The molecule has 0 radical (unpaired) electrons. The first-order chi connectivity index (χ1) is 12.0. The van der Waals surface area contributed by atoms with Gasteiger partial charge in [-0.1, -0.05) is 0 Å². The van der Waals surface area contributed by atoms with Crippen LogP contribution in [0.3, 0.4) is 0 Å². The molecule has 1 saturated heterocycles. The summed E-state index contributed by atoms with van der Waals surface area (Å²) in [4.78, 5) is 41.3. The number of rotatable bonds is 5. The Bertz CT molecular complexity index is 771. The lowest BCUT2D eigenvalue weighted by Crippen LogP contribution is -2.41. The van der Waals surface area contributed by atoms with Crippen LogP contribution in [-0.2, 0) is 20.9 Å². The van der Waals surface area contributed by atoms with Crippen LogP contribution in [-0.4, -0.2) is 40.3 Å². The van der Waals surface area contributed by atoms with Gasteiger partial charge in [-0.15, -0.1) is 11.3 Å². The molecule has 1 unspecified atom stereocenters. The molecule has 0 aromatic carbocycles. The van der Waals surface area contributed by atoms with Crippen molar-refractivity contribution in [3.05, 3.63) is 35.2 Å². The molecule has 1 N–H and O–H groups in total. The number of carbonyl (C=O) groups is 3. The Hall–Kier alpha value is -2.68. The zero-order valence-corrected chi connectivity index (χ0v) is 14.4. The molecule has 0 aliphatic carbocycles. The quantitative estimate of drug-likeness (QED) is 0.816. The second-order valence-electron chi connectivity index (χ2n) is 5.57. The van der Waals surface area contributed by atoms with Gasteiger partial charge in [-0.3, -0.25) is 9.59 Å². The molecule has 0 bridgehead atoms. The molecule has 1 aliphatic rings. The molecule has 3 heterocycles. The number of furan rings is 1. The minimum Gasteiger partial charge on any atom is -0.459 e. The van der Waals surface area contributed by atoms with Crippen molar-refractivity contribution in [3.8, 4) is 0 Å². The summed E-state index contributed by atoms with van der Waals surface area (Å²) < 4.78 is 10.4. The molecule has 0 spiro atoms. The van der Waals surface area contributed by atoms with Crippen LogP contribution in [0, 0.1) is 0 Å². The van der Waals surface area contributed by atoms with E-state index in [2.05, 4.69) is 10.3 Å². The first kappa shape index (κ1) is 17.2. The Morgan fingerprint density at radius 1 is 1.48 bits per heavy atom. The highest BCUT2D eigenvalue weighted by Crippen LogP contribution is 2.22. The minimum atomic E-state index is -0.619. The van der Waals surface area contributed by atoms with Crippen LogP contribution in [0.5, 0.6) is 0 Å². The van der Waals surface area contributed by atoms with Crippen LogP contribution in [0.2, 0.25) is 0 Å². The van der Waals surface area contributed by atoms with Gasteiger partial charge in [0, 0.05) is 18.8 Å². The molecule has 9 heteroatoms. The van der Waals surface area contributed by atoms with Gasteiger partial charge in [0.15, 0.2) is 10.9 Å². The Labute approximate surface area is 147 Å². The van der Waals surface area contributed by atoms with Gasteiger partial charge >= 0.3 is 5.97 Å². The Morgan fingerprint density at radius 2 is 2.32 bits per heavy atom. The van der Waals surface area contributed by atoms with Crippen molar-refractivity contribution in [1.29, 1.82) is 0 Å². The van der Waals surface area contributed by atoms with Crippen LogP contribution in [0.25, 0.3) is 0 Å². The van der Waals surface area contributed by atoms with Crippen LogP contribution >= 0.6 is 11.3 Å². The highest BCUT2D eigenvalue weighted by molar-refractivity contribution is 7.13. The number of nitrogens with zero attached hydrogens (tertiary/aromatic N) is 2. The number of hydrogen-bond acceptors (Lipinski definition) is 7. The van der Waals surface area contributed by atoms with E-state index in [9.17, 15) is 14.4 Å².